The number of thiophene rings is 1. The minimum Gasteiger partial charge on any atom is -0.495 e. The van der Waals surface area contributed by atoms with E-state index in [2.05, 4.69) is 10.3 Å². The Balaban J connectivity index is 1.65. The molecular weight excluding hydrogens is 476 g/mol. The molecule has 1 N–H and O–H groups in total. The molecule has 9 nitrogen and oxygen atoms in total. The van der Waals surface area contributed by atoms with Gasteiger partial charge in [-0.05, 0) is 23.8 Å². The molecule has 0 saturated carbocycles. The molecular formula is C23H22N4O5S2. The second-order valence-electron chi connectivity index (χ2n) is 7.57. The number of carbonyl (C=O) groups is 1. The van der Waals surface area contributed by atoms with Crippen LogP contribution in [0, 0.1) is 0 Å². The number of aromatic nitrogens is 2. The molecule has 34 heavy (non-hydrogen) atoms. The fraction of sp³-hybridized carbons (Fsp3) is 0.174. The molecule has 2 heterocycles. The van der Waals surface area contributed by atoms with Crippen LogP contribution in [0.1, 0.15) is 0 Å². The van der Waals surface area contributed by atoms with Gasteiger partial charge in [-0.1, -0.05) is 30.3 Å². The number of hydrogen-bond acceptors (Lipinski definition) is 7. The number of anilines is 1. The van der Waals surface area contributed by atoms with Gasteiger partial charge in [0.2, 0.25) is 15.9 Å². The number of amides is 1. The van der Waals surface area contributed by atoms with E-state index in [1.807, 2.05) is 35.7 Å². The minimum atomic E-state index is -3.71. The van der Waals surface area contributed by atoms with Crippen molar-refractivity contribution in [3.63, 3.8) is 0 Å². The lowest BCUT2D eigenvalue weighted by Crippen LogP contribution is -2.28. The third-order valence-electron chi connectivity index (χ3n) is 5.18. The number of ether oxygens (including phenoxy) is 1. The summed E-state index contributed by atoms with van der Waals surface area (Å²) in [5.74, 6) is -0.242. The fourth-order valence-corrected chi connectivity index (χ4v) is 5.25. The lowest BCUT2D eigenvalue weighted by Gasteiger charge is -2.15. The van der Waals surface area contributed by atoms with E-state index in [4.69, 9.17) is 4.74 Å². The number of carbonyl (C=O) groups excluding carboxylic acids is 1. The van der Waals surface area contributed by atoms with Crippen LogP contribution in [-0.4, -0.2) is 49.4 Å². The van der Waals surface area contributed by atoms with Crippen molar-refractivity contribution >= 4 is 43.2 Å². The van der Waals surface area contributed by atoms with Crippen molar-refractivity contribution in [2.45, 2.75) is 11.4 Å². The van der Waals surface area contributed by atoms with Crippen molar-refractivity contribution < 1.29 is 17.9 Å². The van der Waals surface area contributed by atoms with Crippen LogP contribution in [0.25, 0.3) is 21.3 Å². The average molecular weight is 499 g/mol. The summed E-state index contributed by atoms with van der Waals surface area (Å²) in [7, 11) is 0.536. The Morgan fingerprint density at radius 2 is 1.91 bits per heavy atom. The van der Waals surface area contributed by atoms with E-state index in [1.54, 1.807) is 0 Å². The molecule has 2 aromatic carbocycles. The topological polar surface area (TPSA) is 111 Å². The first-order valence-electron chi connectivity index (χ1n) is 10.1. The Kier molecular flexibility index (Phi) is 6.51. The van der Waals surface area contributed by atoms with Gasteiger partial charge in [-0.25, -0.2) is 17.7 Å². The summed E-state index contributed by atoms with van der Waals surface area (Å²) in [4.78, 5) is 30.9. The van der Waals surface area contributed by atoms with Gasteiger partial charge in [-0.3, -0.25) is 14.2 Å². The zero-order chi connectivity index (χ0) is 24.5. The molecule has 0 bridgehead atoms. The van der Waals surface area contributed by atoms with Crippen molar-refractivity contribution in [1.29, 1.82) is 0 Å². The number of nitrogens with one attached hydrogen (secondary N) is 1. The molecule has 0 aliphatic carbocycles. The van der Waals surface area contributed by atoms with Crippen molar-refractivity contribution in [2.75, 3.05) is 26.5 Å². The maximum absolute atomic E-state index is 13.2. The van der Waals surface area contributed by atoms with Crippen LogP contribution in [0.4, 0.5) is 5.69 Å². The molecule has 0 spiro atoms. The molecule has 4 aromatic rings. The van der Waals surface area contributed by atoms with E-state index in [-0.39, 0.29) is 28.4 Å². The molecule has 0 fully saturated rings. The number of methoxy groups -OCH3 is 1. The molecule has 11 heteroatoms. The predicted molar refractivity (Wildman–Crippen MR) is 132 cm³/mol. The lowest BCUT2D eigenvalue weighted by molar-refractivity contribution is -0.116. The van der Waals surface area contributed by atoms with Gasteiger partial charge in [0.15, 0.2) is 0 Å². The second-order valence-corrected chi connectivity index (χ2v) is 10.6. The molecule has 0 atom stereocenters. The van der Waals surface area contributed by atoms with E-state index in [0.29, 0.717) is 10.2 Å². The molecule has 0 radical (unpaired) electrons. The monoisotopic (exact) mass is 498 g/mol. The Bertz CT molecular complexity index is 1530. The third kappa shape index (κ3) is 4.45. The summed E-state index contributed by atoms with van der Waals surface area (Å²) < 4.78 is 32.5. The highest BCUT2D eigenvalue weighted by atomic mass is 32.2. The molecule has 0 saturated heterocycles. The standard InChI is InChI=1S/C23H22N4O5S2/c1-26(2)34(30,31)16-9-10-19(32-3)18(11-16)25-20(28)12-27-14-24-22-21(23(27)29)17(13-33-22)15-7-5-4-6-8-15/h4-11,13-14H,12H2,1-3H3,(H,25,28). The second kappa shape index (κ2) is 9.37. The highest BCUT2D eigenvalue weighted by Crippen LogP contribution is 2.31. The summed E-state index contributed by atoms with van der Waals surface area (Å²) in [6.45, 7) is -0.306. The van der Waals surface area contributed by atoms with E-state index in [1.165, 1.54) is 61.6 Å². The molecule has 176 valence electrons. The van der Waals surface area contributed by atoms with Gasteiger partial charge in [0, 0.05) is 25.0 Å². The predicted octanol–water partition coefficient (Wildman–Crippen LogP) is 3.02. The highest BCUT2D eigenvalue weighted by molar-refractivity contribution is 7.89. The third-order valence-corrected chi connectivity index (χ3v) is 7.88. The zero-order valence-corrected chi connectivity index (χ0v) is 20.3. The first-order chi connectivity index (χ1) is 16.2. The van der Waals surface area contributed by atoms with Gasteiger partial charge in [0.25, 0.3) is 5.56 Å². The fourth-order valence-electron chi connectivity index (χ4n) is 3.41. The first kappa shape index (κ1) is 23.6. The van der Waals surface area contributed by atoms with E-state index < -0.39 is 15.9 Å². The van der Waals surface area contributed by atoms with E-state index in [0.717, 1.165) is 15.4 Å². The summed E-state index contributed by atoms with van der Waals surface area (Å²) >= 11 is 1.36. The maximum atomic E-state index is 13.2. The summed E-state index contributed by atoms with van der Waals surface area (Å²) in [6.07, 6.45) is 1.33. The van der Waals surface area contributed by atoms with Crippen LogP contribution >= 0.6 is 11.3 Å². The lowest BCUT2D eigenvalue weighted by atomic mass is 10.1. The summed E-state index contributed by atoms with van der Waals surface area (Å²) in [5, 5.41) is 4.97. The average Bonchev–Trinajstić information content (AvgIpc) is 3.26. The molecule has 4 rings (SSSR count). The number of nitrogens with zero attached hydrogens (tertiary/aromatic N) is 3. The van der Waals surface area contributed by atoms with Crippen molar-refractivity contribution in [1.82, 2.24) is 13.9 Å². The van der Waals surface area contributed by atoms with Crippen LogP contribution in [0.2, 0.25) is 0 Å². The Morgan fingerprint density at radius 3 is 2.59 bits per heavy atom. The smallest absolute Gasteiger partial charge is 0.263 e. The molecule has 0 aliphatic rings. The quantitative estimate of drug-likeness (QED) is 0.419. The van der Waals surface area contributed by atoms with Gasteiger partial charge in [-0.2, -0.15) is 0 Å². The van der Waals surface area contributed by atoms with Gasteiger partial charge in [0.1, 0.15) is 17.1 Å². The molecule has 0 unspecified atom stereocenters. The van der Waals surface area contributed by atoms with Gasteiger partial charge in [-0.15, -0.1) is 11.3 Å². The van der Waals surface area contributed by atoms with Crippen molar-refractivity contribution in [2.24, 2.45) is 0 Å². The minimum absolute atomic E-state index is 0.000343. The summed E-state index contributed by atoms with van der Waals surface area (Å²) in [6, 6.07) is 13.7. The molecule has 1 amide bonds. The van der Waals surface area contributed by atoms with Gasteiger partial charge in [0.05, 0.1) is 29.4 Å². The SMILES string of the molecule is COc1ccc(S(=O)(=O)N(C)C)cc1NC(=O)Cn1cnc2scc(-c3ccccc3)c2c1=O. The summed E-state index contributed by atoms with van der Waals surface area (Å²) in [5.41, 5.74) is 1.49. The maximum Gasteiger partial charge on any atom is 0.263 e. The van der Waals surface area contributed by atoms with E-state index in [9.17, 15) is 18.0 Å². The number of hydrogen-bond donors (Lipinski definition) is 1. The highest BCUT2D eigenvalue weighted by Gasteiger charge is 2.20. The number of sulfonamides is 1. The Morgan fingerprint density at radius 1 is 1.18 bits per heavy atom. The molecule has 0 aliphatic heterocycles. The normalized spacial score (nSPS) is 11.6. The van der Waals surface area contributed by atoms with Gasteiger partial charge < -0.3 is 10.1 Å². The number of rotatable bonds is 7. The molecule has 2 aromatic heterocycles. The van der Waals surface area contributed by atoms with Crippen LogP contribution < -0.4 is 15.6 Å². The number of benzene rings is 2. The van der Waals surface area contributed by atoms with Crippen LogP contribution in [0.3, 0.4) is 0 Å². The van der Waals surface area contributed by atoms with Crippen LogP contribution in [-0.2, 0) is 21.4 Å². The largest absolute Gasteiger partial charge is 0.495 e. The number of fused-ring (bicyclic) bond motifs is 1. The zero-order valence-electron chi connectivity index (χ0n) is 18.7. The van der Waals surface area contributed by atoms with E-state index >= 15 is 0 Å². The van der Waals surface area contributed by atoms with Crippen molar-refractivity contribution in [3.05, 3.63) is 70.6 Å². The Labute approximate surface area is 200 Å². The van der Waals surface area contributed by atoms with Crippen molar-refractivity contribution in [3.8, 4) is 16.9 Å². The van der Waals surface area contributed by atoms with Crippen LogP contribution in [0.5, 0.6) is 5.75 Å². The Hall–Kier alpha value is -3.54. The van der Waals surface area contributed by atoms with Gasteiger partial charge >= 0.3 is 0 Å². The van der Waals surface area contributed by atoms with Crippen LogP contribution in [0.15, 0.2) is 69.9 Å². The first-order valence-corrected chi connectivity index (χ1v) is 12.5.